The number of nitrogens with zero attached hydrogens (tertiary/aromatic N) is 1. The molecule has 1 aromatic rings. The fourth-order valence-corrected chi connectivity index (χ4v) is 5.78. The van der Waals surface area contributed by atoms with Gasteiger partial charge in [0.05, 0.1) is 11.1 Å². The number of carbonyl (C=O) groups is 4. The van der Waals surface area contributed by atoms with E-state index in [1.165, 1.54) is 19.3 Å². The second kappa shape index (κ2) is 7.84. The quantitative estimate of drug-likeness (QED) is 0.625. The minimum Gasteiger partial charge on any atom is -0.317 e. The maximum atomic E-state index is 13.2. The first-order chi connectivity index (χ1) is 15.0. The van der Waals surface area contributed by atoms with E-state index in [9.17, 15) is 19.2 Å². The molecule has 5 rings (SSSR count). The van der Waals surface area contributed by atoms with E-state index in [0.29, 0.717) is 29.1 Å². The lowest BCUT2D eigenvalue weighted by Crippen LogP contribution is -2.54. The summed E-state index contributed by atoms with van der Waals surface area (Å²) in [5.74, 6) is -1.84. The molecule has 2 atom stereocenters. The number of imide groups is 2. The molecule has 4 amide bonds. The first-order valence-electron chi connectivity index (χ1n) is 11.3. The van der Waals surface area contributed by atoms with E-state index in [0.717, 1.165) is 36.4 Å². The van der Waals surface area contributed by atoms with Crippen molar-refractivity contribution in [2.75, 3.05) is 13.1 Å². The van der Waals surface area contributed by atoms with E-state index in [1.807, 2.05) is 6.07 Å². The van der Waals surface area contributed by atoms with Crippen molar-refractivity contribution in [2.45, 2.75) is 63.6 Å². The summed E-state index contributed by atoms with van der Waals surface area (Å²) in [7, 11) is 0. The molecule has 31 heavy (non-hydrogen) atoms. The summed E-state index contributed by atoms with van der Waals surface area (Å²) < 4.78 is 0. The Balaban J connectivity index is 1.30. The number of benzene rings is 1. The van der Waals surface area contributed by atoms with Gasteiger partial charge in [-0.05, 0) is 68.7 Å². The Bertz CT molecular complexity index is 953. The molecule has 1 aliphatic carbocycles. The summed E-state index contributed by atoms with van der Waals surface area (Å²) in [6, 6.07) is 4.79. The molecular weight excluding hydrogens is 396 g/mol. The maximum Gasteiger partial charge on any atom is 0.262 e. The van der Waals surface area contributed by atoms with Crippen molar-refractivity contribution in [3.63, 3.8) is 0 Å². The Morgan fingerprint density at radius 2 is 1.84 bits per heavy atom. The lowest BCUT2D eigenvalue weighted by molar-refractivity contribution is -0.136. The van der Waals surface area contributed by atoms with Crippen molar-refractivity contribution in [3.8, 4) is 0 Å². The number of amides is 4. The van der Waals surface area contributed by atoms with Crippen molar-refractivity contribution in [2.24, 2.45) is 5.41 Å². The van der Waals surface area contributed by atoms with Gasteiger partial charge in [-0.25, -0.2) is 0 Å². The normalized spacial score (nSPS) is 27.7. The van der Waals surface area contributed by atoms with Crippen molar-refractivity contribution in [1.29, 1.82) is 0 Å². The van der Waals surface area contributed by atoms with Crippen molar-refractivity contribution >= 4 is 23.6 Å². The SMILES string of the molecule is O=C1CCC(N2C(=O)c3cccc(CNC4CCC5(CCNCC5)C4)c3C2=O)C(=O)N1. The number of nitrogens with one attached hydrogen (secondary N) is 3. The number of rotatable bonds is 4. The van der Waals surface area contributed by atoms with Crippen LogP contribution in [0.25, 0.3) is 0 Å². The Hall–Kier alpha value is -2.58. The van der Waals surface area contributed by atoms with Crippen LogP contribution in [0.1, 0.15) is 71.2 Å². The number of hydrogen-bond donors (Lipinski definition) is 3. The van der Waals surface area contributed by atoms with E-state index in [-0.39, 0.29) is 18.7 Å². The van der Waals surface area contributed by atoms with Crippen molar-refractivity contribution < 1.29 is 19.2 Å². The first-order valence-corrected chi connectivity index (χ1v) is 11.3. The van der Waals surface area contributed by atoms with Crippen LogP contribution < -0.4 is 16.0 Å². The highest BCUT2D eigenvalue weighted by molar-refractivity contribution is 6.24. The van der Waals surface area contributed by atoms with Gasteiger partial charge in [0.1, 0.15) is 6.04 Å². The van der Waals surface area contributed by atoms with E-state index < -0.39 is 23.8 Å². The number of hydrogen-bond acceptors (Lipinski definition) is 6. The van der Waals surface area contributed by atoms with Crippen LogP contribution in [0.5, 0.6) is 0 Å². The molecule has 164 valence electrons. The highest BCUT2D eigenvalue weighted by Crippen LogP contribution is 2.45. The molecule has 2 unspecified atom stereocenters. The summed E-state index contributed by atoms with van der Waals surface area (Å²) in [5.41, 5.74) is 1.96. The van der Waals surface area contributed by atoms with Crippen LogP contribution in [-0.4, -0.2) is 53.7 Å². The lowest BCUT2D eigenvalue weighted by Gasteiger charge is -2.34. The summed E-state index contributed by atoms with van der Waals surface area (Å²) in [5, 5.41) is 9.30. The predicted molar refractivity (Wildman–Crippen MR) is 112 cm³/mol. The molecule has 3 fully saturated rings. The van der Waals surface area contributed by atoms with Crippen LogP contribution in [-0.2, 0) is 16.1 Å². The van der Waals surface area contributed by atoms with Gasteiger partial charge in [-0.1, -0.05) is 12.1 Å². The van der Waals surface area contributed by atoms with Crippen LogP contribution in [0.15, 0.2) is 18.2 Å². The second-order valence-electron chi connectivity index (χ2n) is 9.36. The molecule has 3 N–H and O–H groups in total. The zero-order valence-electron chi connectivity index (χ0n) is 17.5. The maximum absolute atomic E-state index is 13.2. The van der Waals surface area contributed by atoms with Crippen LogP contribution in [0.3, 0.4) is 0 Å². The molecule has 8 heteroatoms. The third kappa shape index (κ3) is 3.57. The van der Waals surface area contributed by atoms with Gasteiger partial charge in [-0.15, -0.1) is 0 Å². The van der Waals surface area contributed by atoms with E-state index in [4.69, 9.17) is 0 Å². The van der Waals surface area contributed by atoms with Gasteiger partial charge in [-0.2, -0.15) is 0 Å². The van der Waals surface area contributed by atoms with Gasteiger partial charge in [0.25, 0.3) is 11.8 Å². The van der Waals surface area contributed by atoms with Crippen LogP contribution in [0, 0.1) is 5.41 Å². The molecule has 3 heterocycles. The zero-order valence-corrected chi connectivity index (χ0v) is 17.5. The Morgan fingerprint density at radius 3 is 2.61 bits per heavy atom. The van der Waals surface area contributed by atoms with Gasteiger partial charge in [-0.3, -0.25) is 29.4 Å². The number of carbonyl (C=O) groups excluding carboxylic acids is 4. The molecule has 3 aliphatic heterocycles. The second-order valence-corrected chi connectivity index (χ2v) is 9.36. The summed E-state index contributed by atoms with van der Waals surface area (Å²) in [6.45, 7) is 2.70. The Morgan fingerprint density at radius 1 is 1.03 bits per heavy atom. The number of fused-ring (bicyclic) bond motifs is 1. The van der Waals surface area contributed by atoms with Crippen LogP contribution in [0.4, 0.5) is 0 Å². The summed E-state index contributed by atoms with van der Waals surface area (Å²) in [4.78, 5) is 50.9. The molecule has 1 spiro atoms. The summed E-state index contributed by atoms with van der Waals surface area (Å²) in [6.07, 6.45) is 6.25. The van der Waals surface area contributed by atoms with Gasteiger partial charge < -0.3 is 10.6 Å². The van der Waals surface area contributed by atoms with Crippen molar-refractivity contribution in [1.82, 2.24) is 20.9 Å². The zero-order chi connectivity index (χ0) is 21.6. The molecule has 1 aromatic carbocycles. The molecule has 0 aromatic heterocycles. The summed E-state index contributed by atoms with van der Waals surface area (Å²) >= 11 is 0. The molecular formula is C23H28N4O4. The third-order valence-electron chi connectivity index (χ3n) is 7.50. The van der Waals surface area contributed by atoms with Gasteiger partial charge in [0.15, 0.2) is 0 Å². The van der Waals surface area contributed by atoms with Crippen LogP contribution >= 0.6 is 0 Å². The number of piperidine rings is 2. The molecule has 1 saturated carbocycles. The van der Waals surface area contributed by atoms with E-state index >= 15 is 0 Å². The van der Waals surface area contributed by atoms with Gasteiger partial charge in [0, 0.05) is 19.0 Å². The fourth-order valence-electron chi connectivity index (χ4n) is 5.78. The molecule has 0 bridgehead atoms. The molecule has 2 saturated heterocycles. The molecule has 4 aliphatic rings. The molecule has 8 nitrogen and oxygen atoms in total. The smallest absolute Gasteiger partial charge is 0.262 e. The van der Waals surface area contributed by atoms with Gasteiger partial charge >= 0.3 is 0 Å². The minimum absolute atomic E-state index is 0.122. The monoisotopic (exact) mass is 424 g/mol. The molecule has 0 radical (unpaired) electrons. The Kier molecular flexibility index (Phi) is 5.14. The van der Waals surface area contributed by atoms with E-state index in [2.05, 4.69) is 16.0 Å². The average molecular weight is 425 g/mol. The minimum atomic E-state index is -0.930. The average Bonchev–Trinajstić information content (AvgIpc) is 3.26. The standard InChI is InChI=1S/C23H28N4O4/c28-18-5-4-17(20(29)26-18)27-21(30)16-3-1-2-14(19(16)22(27)31)13-25-15-6-7-23(12-15)8-10-24-11-9-23/h1-3,15,17,24-25H,4-13H2,(H,26,28,29). The lowest BCUT2D eigenvalue weighted by atomic mass is 9.77. The predicted octanol–water partition coefficient (Wildman–Crippen LogP) is 1.10. The third-order valence-corrected chi connectivity index (χ3v) is 7.50. The van der Waals surface area contributed by atoms with E-state index in [1.54, 1.807) is 12.1 Å². The largest absolute Gasteiger partial charge is 0.317 e. The van der Waals surface area contributed by atoms with Gasteiger partial charge in [0.2, 0.25) is 11.8 Å². The highest BCUT2D eigenvalue weighted by atomic mass is 16.2. The van der Waals surface area contributed by atoms with Crippen LogP contribution in [0.2, 0.25) is 0 Å². The fraction of sp³-hybridized carbons (Fsp3) is 0.565. The van der Waals surface area contributed by atoms with Crippen molar-refractivity contribution in [3.05, 3.63) is 34.9 Å². The highest BCUT2D eigenvalue weighted by Gasteiger charge is 2.45. The Labute approximate surface area is 181 Å². The first kappa shape index (κ1) is 20.3. The topological polar surface area (TPSA) is 108 Å².